The number of thiophene rings is 1. The lowest BCUT2D eigenvalue weighted by atomic mass is 10.1. The zero-order valence-corrected chi connectivity index (χ0v) is 13.1. The normalized spacial score (nSPS) is 11.3. The van der Waals surface area contributed by atoms with Crippen LogP contribution < -0.4 is 5.32 Å². The van der Waals surface area contributed by atoms with Crippen LogP contribution in [0.3, 0.4) is 0 Å². The van der Waals surface area contributed by atoms with Crippen LogP contribution in [0.4, 0.5) is 0 Å². The lowest BCUT2D eigenvalue weighted by molar-refractivity contribution is 0.0411. The summed E-state index contributed by atoms with van der Waals surface area (Å²) in [4.78, 5) is 1.36. The predicted molar refractivity (Wildman–Crippen MR) is 85.4 cm³/mol. The predicted octanol–water partition coefficient (Wildman–Crippen LogP) is 3.56. The van der Waals surface area contributed by atoms with Crippen molar-refractivity contribution in [2.75, 3.05) is 26.9 Å². The zero-order chi connectivity index (χ0) is 14.2. The van der Waals surface area contributed by atoms with Crippen LogP contribution >= 0.6 is 11.3 Å². The Balaban J connectivity index is 1.98. The van der Waals surface area contributed by atoms with E-state index in [1.807, 2.05) is 18.4 Å². The van der Waals surface area contributed by atoms with E-state index in [4.69, 9.17) is 9.47 Å². The van der Waals surface area contributed by atoms with Gasteiger partial charge >= 0.3 is 0 Å². The third kappa shape index (κ3) is 4.03. The van der Waals surface area contributed by atoms with Gasteiger partial charge in [0, 0.05) is 28.3 Å². The Morgan fingerprint density at radius 1 is 1.10 bits per heavy atom. The molecule has 2 rings (SSSR count). The maximum atomic E-state index is 5.77. The largest absolute Gasteiger partial charge is 0.379 e. The van der Waals surface area contributed by atoms with Crippen LogP contribution in [0.15, 0.2) is 24.3 Å². The molecule has 0 saturated carbocycles. The fraction of sp³-hybridized carbons (Fsp3) is 0.500. The minimum Gasteiger partial charge on any atom is -0.379 e. The first kappa shape index (κ1) is 15.4. The smallest absolute Gasteiger partial charge is 0.0735 e. The number of benzene rings is 1. The Kier molecular flexibility index (Phi) is 6.47. The topological polar surface area (TPSA) is 30.5 Å². The Hall–Kier alpha value is -0.940. The molecule has 1 aromatic carbocycles. The maximum Gasteiger partial charge on any atom is 0.0735 e. The molecule has 3 nitrogen and oxygen atoms in total. The minimum absolute atomic E-state index is 0.656. The standard InChI is InChI=1S/C16H23NO2S/c1-3-8-18-9-10-19-12-14-13-6-4-5-7-15(13)20-16(14)11-17-2/h4-7,17H,3,8-12H2,1-2H3. The van der Waals surface area contributed by atoms with Crippen molar-refractivity contribution in [1.29, 1.82) is 0 Å². The SMILES string of the molecule is CCCOCCOCc1c(CNC)sc2ccccc12. The summed E-state index contributed by atoms with van der Waals surface area (Å²) in [5.74, 6) is 0. The molecule has 0 atom stereocenters. The second-order valence-corrected chi connectivity index (χ2v) is 5.83. The molecule has 1 N–H and O–H groups in total. The molecule has 0 radical (unpaired) electrons. The van der Waals surface area contributed by atoms with E-state index in [0.29, 0.717) is 19.8 Å². The summed E-state index contributed by atoms with van der Waals surface area (Å²) in [5.41, 5.74) is 1.32. The maximum absolute atomic E-state index is 5.77. The number of fused-ring (bicyclic) bond motifs is 1. The zero-order valence-electron chi connectivity index (χ0n) is 12.3. The first-order valence-electron chi connectivity index (χ1n) is 7.16. The fourth-order valence-corrected chi connectivity index (χ4v) is 3.37. The van der Waals surface area contributed by atoms with Gasteiger partial charge in [0.05, 0.1) is 19.8 Å². The molecule has 0 aliphatic rings. The van der Waals surface area contributed by atoms with Gasteiger partial charge in [-0.05, 0) is 24.9 Å². The number of hydrogen-bond acceptors (Lipinski definition) is 4. The number of nitrogens with one attached hydrogen (secondary N) is 1. The molecular weight excluding hydrogens is 270 g/mol. The molecule has 0 unspecified atom stereocenters. The van der Waals surface area contributed by atoms with Crippen molar-refractivity contribution in [3.05, 3.63) is 34.7 Å². The van der Waals surface area contributed by atoms with Crippen LogP contribution in [-0.2, 0) is 22.6 Å². The average Bonchev–Trinajstić information content (AvgIpc) is 2.81. The van der Waals surface area contributed by atoms with E-state index in [-0.39, 0.29) is 0 Å². The number of hydrogen-bond donors (Lipinski definition) is 1. The molecule has 0 saturated heterocycles. The van der Waals surface area contributed by atoms with E-state index < -0.39 is 0 Å². The molecule has 0 aliphatic heterocycles. The van der Waals surface area contributed by atoms with Crippen molar-refractivity contribution in [2.24, 2.45) is 0 Å². The van der Waals surface area contributed by atoms with Gasteiger partial charge in [-0.3, -0.25) is 0 Å². The Morgan fingerprint density at radius 2 is 1.90 bits per heavy atom. The van der Waals surface area contributed by atoms with Crippen LogP contribution in [0.1, 0.15) is 23.8 Å². The average molecular weight is 293 g/mol. The highest BCUT2D eigenvalue weighted by Crippen LogP contribution is 2.31. The van der Waals surface area contributed by atoms with Crippen molar-refractivity contribution < 1.29 is 9.47 Å². The second kappa shape index (κ2) is 8.37. The fourth-order valence-electron chi connectivity index (χ4n) is 2.15. The molecule has 0 bridgehead atoms. The van der Waals surface area contributed by atoms with Gasteiger partial charge in [0.15, 0.2) is 0 Å². The van der Waals surface area contributed by atoms with E-state index in [9.17, 15) is 0 Å². The quantitative estimate of drug-likeness (QED) is 0.717. The highest BCUT2D eigenvalue weighted by Gasteiger charge is 2.11. The van der Waals surface area contributed by atoms with Gasteiger partial charge in [-0.1, -0.05) is 25.1 Å². The molecule has 4 heteroatoms. The molecule has 1 aromatic heterocycles. The highest BCUT2D eigenvalue weighted by atomic mass is 32.1. The lowest BCUT2D eigenvalue weighted by Crippen LogP contribution is -2.08. The Morgan fingerprint density at radius 3 is 2.70 bits per heavy atom. The Labute approximate surface area is 124 Å². The van der Waals surface area contributed by atoms with Crippen LogP contribution in [0, 0.1) is 0 Å². The van der Waals surface area contributed by atoms with Gasteiger partial charge in [-0.25, -0.2) is 0 Å². The van der Waals surface area contributed by atoms with E-state index in [1.165, 1.54) is 20.5 Å². The summed E-state index contributed by atoms with van der Waals surface area (Å²) in [6.45, 7) is 5.82. The molecule has 20 heavy (non-hydrogen) atoms. The minimum atomic E-state index is 0.656. The molecule has 1 heterocycles. The molecular formula is C16H23NO2S. The van der Waals surface area contributed by atoms with Crippen molar-refractivity contribution >= 4 is 21.4 Å². The summed E-state index contributed by atoms with van der Waals surface area (Å²) in [6.07, 6.45) is 1.06. The molecule has 0 amide bonds. The molecule has 0 fully saturated rings. The van der Waals surface area contributed by atoms with E-state index >= 15 is 0 Å². The van der Waals surface area contributed by atoms with Gasteiger partial charge in [0.25, 0.3) is 0 Å². The number of rotatable bonds is 9. The van der Waals surface area contributed by atoms with Crippen molar-refractivity contribution in [1.82, 2.24) is 5.32 Å². The number of ether oxygens (including phenoxy) is 2. The van der Waals surface area contributed by atoms with Crippen LogP contribution in [0.25, 0.3) is 10.1 Å². The van der Waals surface area contributed by atoms with Gasteiger partial charge in [-0.15, -0.1) is 11.3 Å². The third-order valence-corrected chi connectivity index (χ3v) is 4.30. The first-order valence-corrected chi connectivity index (χ1v) is 7.97. The van der Waals surface area contributed by atoms with Crippen LogP contribution in [-0.4, -0.2) is 26.9 Å². The second-order valence-electron chi connectivity index (χ2n) is 4.70. The van der Waals surface area contributed by atoms with Crippen molar-refractivity contribution in [2.45, 2.75) is 26.5 Å². The molecule has 0 aliphatic carbocycles. The van der Waals surface area contributed by atoms with Crippen LogP contribution in [0.5, 0.6) is 0 Å². The third-order valence-electron chi connectivity index (χ3n) is 3.09. The summed E-state index contributed by atoms with van der Waals surface area (Å²) < 4.78 is 12.5. The van der Waals surface area contributed by atoms with Crippen molar-refractivity contribution in [3.8, 4) is 0 Å². The lowest BCUT2D eigenvalue weighted by Gasteiger charge is -2.07. The molecule has 0 spiro atoms. The van der Waals surface area contributed by atoms with Gasteiger partial charge in [0.1, 0.15) is 0 Å². The Bertz CT molecular complexity index is 524. The first-order chi connectivity index (χ1) is 9.86. The van der Waals surface area contributed by atoms with E-state index in [2.05, 4.69) is 36.5 Å². The van der Waals surface area contributed by atoms with Gasteiger partial charge < -0.3 is 14.8 Å². The monoisotopic (exact) mass is 293 g/mol. The highest BCUT2D eigenvalue weighted by molar-refractivity contribution is 7.19. The van der Waals surface area contributed by atoms with Gasteiger partial charge in [0.2, 0.25) is 0 Å². The van der Waals surface area contributed by atoms with Crippen LogP contribution in [0.2, 0.25) is 0 Å². The molecule has 2 aromatic rings. The van der Waals surface area contributed by atoms with Crippen molar-refractivity contribution in [3.63, 3.8) is 0 Å². The summed E-state index contributed by atoms with van der Waals surface area (Å²) >= 11 is 1.85. The van der Waals surface area contributed by atoms with Gasteiger partial charge in [-0.2, -0.15) is 0 Å². The summed E-state index contributed by atoms with van der Waals surface area (Å²) in [7, 11) is 1.98. The van der Waals surface area contributed by atoms with E-state index in [0.717, 1.165) is 19.6 Å². The van der Waals surface area contributed by atoms with E-state index in [1.54, 1.807) is 0 Å². The summed E-state index contributed by atoms with van der Waals surface area (Å²) in [5, 5.41) is 4.55. The molecule has 110 valence electrons. The summed E-state index contributed by atoms with van der Waals surface area (Å²) in [6, 6.07) is 8.53.